The Morgan fingerprint density at radius 2 is 1.78 bits per heavy atom. The summed E-state index contributed by atoms with van der Waals surface area (Å²) in [4.78, 5) is 27.5. The lowest BCUT2D eigenvalue weighted by Crippen LogP contribution is -2.19. The third-order valence-electron chi connectivity index (χ3n) is 6.15. The molecule has 0 radical (unpaired) electrons. The summed E-state index contributed by atoms with van der Waals surface area (Å²) in [6.45, 7) is 2.68. The highest BCUT2D eigenvalue weighted by atomic mass is 35.5. The molecule has 7 nitrogen and oxygen atoms in total. The fourth-order valence-electron chi connectivity index (χ4n) is 4.40. The average molecular weight is 552 g/mol. The number of nitrogens with one attached hydrogen (secondary N) is 2. The lowest BCUT2D eigenvalue weighted by Gasteiger charge is -2.13. The molecule has 2 N–H and O–H groups in total. The molecule has 0 aliphatic heterocycles. The number of hydrogen-bond donors (Lipinski definition) is 2. The van der Waals surface area contributed by atoms with Gasteiger partial charge in [-0.3, -0.25) is 9.59 Å². The quantitative estimate of drug-likeness (QED) is 0.243. The number of fused-ring (bicyclic) bond motifs is 1. The number of nitrogens with zero attached hydrogens (tertiary/aromatic N) is 3. The number of para-hydroxylation sites is 1. The number of hydrogen-bond acceptors (Lipinski definition) is 6. The van der Waals surface area contributed by atoms with Crippen molar-refractivity contribution in [3.8, 4) is 11.4 Å². The topological polar surface area (TPSA) is 88.9 Å². The zero-order chi connectivity index (χ0) is 25.8. The van der Waals surface area contributed by atoms with Gasteiger partial charge in [0.2, 0.25) is 5.91 Å². The number of amides is 2. The van der Waals surface area contributed by atoms with Crippen molar-refractivity contribution in [2.24, 2.45) is 0 Å². The molecular formula is C27H26ClN5O2S2. The van der Waals surface area contributed by atoms with E-state index in [0.717, 1.165) is 48.3 Å². The third-order valence-corrected chi connectivity index (χ3v) is 8.58. The smallest absolute Gasteiger partial charge is 0.258 e. The fourth-order valence-corrected chi connectivity index (χ4v) is 6.63. The summed E-state index contributed by atoms with van der Waals surface area (Å²) >= 11 is 8.86. The Labute approximate surface area is 228 Å². The van der Waals surface area contributed by atoms with Crippen LogP contribution in [0.2, 0.25) is 5.02 Å². The molecule has 0 fully saturated rings. The number of halogens is 1. The summed E-state index contributed by atoms with van der Waals surface area (Å²) in [5.74, 6) is 0.511. The molecule has 1 aliphatic rings. The Bertz CT molecular complexity index is 1420. The van der Waals surface area contributed by atoms with Gasteiger partial charge in [0.05, 0.1) is 11.3 Å². The van der Waals surface area contributed by atoms with E-state index in [1.165, 1.54) is 28.0 Å². The van der Waals surface area contributed by atoms with Gasteiger partial charge in [-0.2, -0.15) is 0 Å². The maximum atomic E-state index is 13.3. The highest BCUT2D eigenvalue weighted by molar-refractivity contribution is 7.99. The third kappa shape index (κ3) is 5.74. The first-order valence-electron chi connectivity index (χ1n) is 12.2. The predicted octanol–water partition coefficient (Wildman–Crippen LogP) is 6.54. The van der Waals surface area contributed by atoms with Crippen LogP contribution in [0, 0.1) is 0 Å². The van der Waals surface area contributed by atoms with Gasteiger partial charge in [0.25, 0.3) is 5.91 Å². The Kier molecular flexibility index (Phi) is 7.93. The Morgan fingerprint density at radius 3 is 2.54 bits per heavy atom. The highest BCUT2D eigenvalue weighted by Gasteiger charge is 2.26. The van der Waals surface area contributed by atoms with Crippen LogP contribution in [0.5, 0.6) is 0 Å². The van der Waals surface area contributed by atoms with Crippen molar-refractivity contribution in [1.29, 1.82) is 0 Å². The summed E-state index contributed by atoms with van der Waals surface area (Å²) in [7, 11) is 0. The van der Waals surface area contributed by atoms with Gasteiger partial charge in [0.15, 0.2) is 11.0 Å². The van der Waals surface area contributed by atoms with E-state index in [-0.39, 0.29) is 17.6 Å². The molecule has 0 bridgehead atoms. The van der Waals surface area contributed by atoms with Crippen LogP contribution in [-0.4, -0.2) is 32.3 Å². The molecule has 1 aliphatic carbocycles. The maximum Gasteiger partial charge on any atom is 0.258 e. The number of thioether (sulfide) groups is 1. The monoisotopic (exact) mass is 551 g/mol. The summed E-state index contributed by atoms with van der Waals surface area (Å²) in [6.07, 6.45) is 3.92. The molecule has 2 heterocycles. The van der Waals surface area contributed by atoms with Gasteiger partial charge in [-0.05, 0) is 74.6 Å². The molecule has 2 aromatic heterocycles. The minimum absolute atomic E-state index is 0.154. The van der Waals surface area contributed by atoms with Gasteiger partial charge in [0.1, 0.15) is 5.00 Å². The normalized spacial score (nSPS) is 12.7. The minimum atomic E-state index is -0.188. The molecule has 2 amide bonds. The standard InChI is InChI=1S/C27H26ClN5O2S2/c1-2-33-24(17-12-14-18(28)15-13-17)31-32-27(33)36-16-22(34)30-26-23(20-10-6-7-11-21(20)37-26)25(35)29-19-8-4-3-5-9-19/h3-5,8-9,12-15H,2,6-7,10-11,16H2,1H3,(H,29,35)(H,30,34). The summed E-state index contributed by atoms with van der Waals surface area (Å²) in [6, 6.07) is 16.8. The van der Waals surface area contributed by atoms with Crippen LogP contribution in [0.1, 0.15) is 40.6 Å². The number of benzene rings is 2. The van der Waals surface area contributed by atoms with E-state index in [9.17, 15) is 9.59 Å². The number of rotatable bonds is 8. The second-order valence-electron chi connectivity index (χ2n) is 8.63. The van der Waals surface area contributed by atoms with Crippen LogP contribution in [-0.2, 0) is 24.2 Å². The largest absolute Gasteiger partial charge is 0.322 e. The van der Waals surface area contributed by atoms with Gasteiger partial charge >= 0.3 is 0 Å². The van der Waals surface area contributed by atoms with Crippen LogP contribution in [0.25, 0.3) is 11.4 Å². The van der Waals surface area contributed by atoms with Crippen LogP contribution < -0.4 is 10.6 Å². The van der Waals surface area contributed by atoms with E-state index in [1.807, 2.05) is 66.1 Å². The molecular weight excluding hydrogens is 526 g/mol. The fraction of sp³-hybridized carbons (Fsp3) is 0.259. The summed E-state index contributed by atoms with van der Waals surface area (Å²) in [5, 5.41) is 16.6. The lowest BCUT2D eigenvalue weighted by atomic mass is 9.95. The van der Waals surface area contributed by atoms with Gasteiger partial charge < -0.3 is 15.2 Å². The van der Waals surface area contributed by atoms with E-state index in [2.05, 4.69) is 20.8 Å². The van der Waals surface area contributed by atoms with Gasteiger partial charge in [-0.25, -0.2) is 0 Å². The van der Waals surface area contributed by atoms with Crippen molar-refractivity contribution in [1.82, 2.24) is 14.8 Å². The summed E-state index contributed by atoms with van der Waals surface area (Å²) in [5.41, 5.74) is 3.29. The Balaban J connectivity index is 1.31. The molecule has 0 saturated carbocycles. The van der Waals surface area contributed by atoms with Crippen LogP contribution in [0.4, 0.5) is 10.7 Å². The van der Waals surface area contributed by atoms with Crippen LogP contribution in [0.3, 0.4) is 0 Å². The lowest BCUT2D eigenvalue weighted by molar-refractivity contribution is -0.113. The second kappa shape index (κ2) is 11.5. The number of thiophene rings is 1. The molecule has 190 valence electrons. The molecule has 0 atom stereocenters. The zero-order valence-electron chi connectivity index (χ0n) is 20.3. The number of aromatic nitrogens is 3. The Morgan fingerprint density at radius 1 is 1.03 bits per heavy atom. The van der Waals surface area contributed by atoms with E-state index in [0.29, 0.717) is 27.3 Å². The average Bonchev–Trinajstić information content (AvgIpc) is 3.49. The minimum Gasteiger partial charge on any atom is -0.322 e. The molecule has 0 unspecified atom stereocenters. The van der Waals surface area contributed by atoms with E-state index >= 15 is 0 Å². The highest BCUT2D eigenvalue weighted by Crippen LogP contribution is 2.39. The predicted molar refractivity (Wildman–Crippen MR) is 151 cm³/mol. The number of carbonyl (C=O) groups is 2. The number of anilines is 2. The van der Waals surface area contributed by atoms with Gasteiger partial charge in [-0.1, -0.05) is 41.6 Å². The Hall–Kier alpha value is -3.14. The van der Waals surface area contributed by atoms with Crippen LogP contribution in [0.15, 0.2) is 59.8 Å². The maximum absolute atomic E-state index is 13.3. The van der Waals surface area contributed by atoms with Crippen molar-refractivity contribution in [3.63, 3.8) is 0 Å². The van der Waals surface area contributed by atoms with Crippen molar-refractivity contribution in [2.75, 3.05) is 16.4 Å². The zero-order valence-corrected chi connectivity index (χ0v) is 22.7. The van der Waals surface area contributed by atoms with E-state index in [4.69, 9.17) is 11.6 Å². The van der Waals surface area contributed by atoms with E-state index in [1.54, 1.807) is 0 Å². The first-order valence-corrected chi connectivity index (χ1v) is 14.3. The molecule has 4 aromatic rings. The molecule has 5 rings (SSSR count). The first kappa shape index (κ1) is 25.5. The second-order valence-corrected chi connectivity index (χ2v) is 11.1. The van der Waals surface area contributed by atoms with Crippen molar-refractivity contribution in [3.05, 3.63) is 75.6 Å². The molecule has 37 heavy (non-hydrogen) atoms. The molecule has 0 saturated heterocycles. The molecule has 10 heteroatoms. The number of aryl methyl sites for hydroxylation is 1. The number of carbonyl (C=O) groups excluding carboxylic acids is 2. The molecule has 0 spiro atoms. The first-order chi connectivity index (χ1) is 18.0. The summed E-state index contributed by atoms with van der Waals surface area (Å²) < 4.78 is 1.98. The van der Waals surface area contributed by atoms with Gasteiger partial charge in [-0.15, -0.1) is 21.5 Å². The van der Waals surface area contributed by atoms with Crippen LogP contribution >= 0.6 is 34.7 Å². The van der Waals surface area contributed by atoms with Gasteiger partial charge in [0, 0.05) is 27.7 Å². The van der Waals surface area contributed by atoms with Crippen molar-refractivity contribution >= 4 is 57.2 Å². The van der Waals surface area contributed by atoms with Crippen molar-refractivity contribution < 1.29 is 9.59 Å². The molecule has 2 aromatic carbocycles. The van der Waals surface area contributed by atoms with Crippen molar-refractivity contribution in [2.45, 2.75) is 44.3 Å². The van der Waals surface area contributed by atoms with E-state index < -0.39 is 0 Å². The SMILES string of the molecule is CCn1c(SCC(=O)Nc2sc3c(c2C(=O)Nc2ccccc2)CCCC3)nnc1-c1ccc(Cl)cc1.